The molecule has 3 rings (SSSR count). The van der Waals surface area contributed by atoms with E-state index < -0.39 is 0 Å². The number of ketones is 1. The fourth-order valence-electron chi connectivity index (χ4n) is 3.39. The number of rotatable bonds is 6. The minimum atomic E-state index is -0.335. The third kappa shape index (κ3) is 4.77. The van der Waals surface area contributed by atoms with E-state index in [1.807, 2.05) is 89.2 Å². The van der Waals surface area contributed by atoms with E-state index in [0.29, 0.717) is 11.1 Å². The molecule has 154 valence electrons. The van der Waals surface area contributed by atoms with Crippen LogP contribution in [0.25, 0.3) is 11.8 Å². The highest BCUT2D eigenvalue weighted by atomic mass is 16.5. The van der Waals surface area contributed by atoms with Crippen LogP contribution in [0.1, 0.15) is 57.1 Å². The summed E-state index contributed by atoms with van der Waals surface area (Å²) in [5, 5.41) is 0. The standard InChI is InChI=1S/C26H27NO3/c1-17(2)30-26(29)23-7-6-8-24(16-23)27-19(4)15-22(20(27)5)13-14-25(28)21-11-9-18(3)10-12-21/h6-17H,1-5H3/b14-13+. The van der Waals surface area contributed by atoms with E-state index in [2.05, 4.69) is 4.57 Å². The van der Waals surface area contributed by atoms with Crippen molar-refractivity contribution in [2.24, 2.45) is 0 Å². The zero-order valence-corrected chi connectivity index (χ0v) is 18.1. The first kappa shape index (κ1) is 21.3. The van der Waals surface area contributed by atoms with Gasteiger partial charge < -0.3 is 9.30 Å². The number of nitrogens with zero attached hydrogens (tertiary/aromatic N) is 1. The molecule has 3 aromatic rings. The van der Waals surface area contributed by atoms with Crippen LogP contribution >= 0.6 is 0 Å². The Morgan fingerprint density at radius 3 is 2.30 bits per heavy atom. The third-order valence-electron chi connectivity index (χ3n) is 4.90. The van der Waals surface area contributed by atoms with E-state index in [-0.39, 0.29) is 17.9 Å². The lowest BCUT2D eigenvalue weighted by Gasteiger charge is -2.12. The highest BCUT2D eigenvalue weighted by molar-refractivity contribution is 6.06. The summed E-state index contributed by atoms with van der Waals surface area (Å²) in [5.41, 5.74) is 6.16. The summed E-state index contributed by atoms with van der Waals surface area (Å²) < 4.78 is 7.38. The molecule has 0 radical (unpaired) electrons. The number of hydrogen-bond acceptors (Lipinski definition) is 3. The third-order valence-corrected chi connectivity index (χ3v) is 4.90. The maximum absolute atomic E-state index is 12.5. The predicted octanol–water partition coefficient (Wildman–Crippen LogP) is 5.86. The van der Waals surface area contributed by atoms with Crippen LogP contribution in [0.2, 0.25) is 0 Å². The quantitative estimate of drug-likeness (QED) is 0.295. The Morgan fingerprint density at radius 2 is 1.63 bits per heavy atom. The summed E-state index contributed by atoms with van der Waals surface area (Å²) in [5.74, 6) is -0.364. The summed E-state index contributed by atoms with van der Waals surface area (Å²) in [6.07, 6.45) is 3.28. The minimum Gasteiger partial charge on any atom is -0.459 e. The lowest BCUT2D eigenvalue weighted by atomic mass is 10.1. The molecule has 0 N–H and O–H groups in total. The van der Waals surface area contributed by atoms with Crippen LogP contribution in [0.4, 0.5) is 0 Å². The fourth-order valence-corrected chi connectivity index (χ4v) is 3.39. The fraction of sp³-hybridized carbons (Fsp3) is 0.231. The van der Waals surface area contributed by atoms with Crippen LogP contribution in [0.15, 0.2) is 60.7 Å². The van der Waals surface area contributed by atoms with Gasteiger partial charge in [0.1, 0.15) is 0 Å². The number of hydrogen-bond donors (Lipinski definition) is 0. The molecule has 0 aliphatic carbocycles. The number of carbonyl (C=O) groups excluding carboxylic acids is 2. The zero-order valence-electron chi connectivity index (χ0n) is 18.1. The molecule has 1 heterocycles. The van der Waals surface area contributed by atoms with Gasteiger partial charge in [-0.05, 0) is 76.6 Å². The highest BCUT2D eigenvalue weighted by Crippen LogP contribution is 2.23. The molecule has 4 nitrogen and oxygen atoms in total. The monoisotopic (exact) mass is 401 g/mol. The highest BCUT2D eigenvalue weighted by Gasteiger charge is 2.13. The number of carbonyl (C=O) groups is 2. The van der Waals surface area contributed by atoms with Gasteiger partial charge in [-0.15, -0.1) is 0 Å². The number of ether oxygens (including phenoxy) is 1. The predicted molar refractivity (Wildman–Crippen MR) is 120 cm³/mol. The largest absolute Gasteiger partial charge is 0.459 e. The van der Waals surface area contributed by atoms with Gasteiger partial charge in [0.15, 0.2) is 5.78 Å². The van der Waals surface area contributed by atoms with Gasteiger partial charge in [-0.2, -0.15) is 0 Å². The van der Waals surface area contributed by atoms with Crippen molar-refractivity contribution in [1.82, 2.24) is 4.57 Å². The van der Waals surface area contributed by atoms with E-state index in [9.17, 15) is 9.59 Å². The molecule has 0 unspecified atom stereocenters. The van der Waals surface area contributed by atoms with Gasteiger partial charge in [-0.3, -0.25) is 4.79 Å². The Kier molecular flexibility index (Phi) is 6.36. The average molecular weight is 402 g/mol. The van der Waals surface area contributed by atoms with Crippen molar-refractivity contribution in [3.63, 3.8) is 0 Å². The van der Waals surface area contributed by atoms with Gasteiger partial charge >= 0.3 is 5.97 Å². The maximum atomic E-state index is 12.5. The average Bonchev–Trinajstić information content (AvgIpc) is 2.99. The molecule has 0 saturated heterocycles. The van der Waals surface area contributed by atoms with Crippen LogP contribution in [0, 0.1) is 20.8 Å². The van der Waals surface area contributed by atoms with Crippen LogP contribution < -0.4 is 0 Å². The molecule has 0 spiro atoms. The molecule has 2 aromatic carbocycles. The summed E-state index contributed by atoms with van der Waals surface area (Å²) in [6, 6.07) is 17.0. The number of aromatic nitrogens is 1. The zero-order chi connectivity index (χ0) is 21.8. The Morgan fingerprint density at radius 1 is 0.933 bits per heavy atom. The van der Waals surface area contributed by atoms with Gasteiger partial charge in [0.2, 0.25) is 0 Å². The van der Waals surface area contributed by atoms with Gasteiger partial charge in [0, 0.05) is 22.6 Å². The second-order valence-electron chi connectivity index (χ2n) is 7.73. The van der Waals surface area contributed by atoms with Crippen LogP contribution in [-0.2, 0) is 4.74 Å². The molecule has 0 saturated carbocycles. The first-order chi connectivity index (χ1) is 14.3. The molecule has 30 heavy (non-hydrogen) atoms. The topological polar surface area (TPSA) is 48.3 Å². The molecule has 1 aromatic heterocycles. The Hall–Kier alpha value is -3.40. The lowest BCUT2D eigenvalue weighted by Crippen LogP contribution is -2.12. The Balaban J connectivity index is 1.88. The summed E-state index contributed by atoms with van der Waals surface area (Å²) in [6.45, 7) is 9.67. The Bertz CT molecular complexity index is 1100. The first-order valence-electron chi connectivity index (χ1n) is 10.1. The van der Waals surface area contributed by atoms with Crippen molar-refractivity contribution >= 4 is 17.8 Å². The van der Waals surface area contributed by atoms with Gasteiger partial charge in [0.05, 0.1) is 11.7 Å². The number of allylic oxidation sites excluding steroid dienone is 1. The normalized spacial score (nSPS) is 11.3. The van der Waals surface area contributed by atoms with Crippen molar-refractivity contribution in [2.45, 2.75) is 40.7 Å². The summed E-state index contributed by atoms with van der Waals surface area (Å²) in [7, 11) is 0. The minimum absolute atomic E-state index is 0.0294. The van der Waals surface area contributed by atoms with Crippen molar-refractivity contribution in [2.75, 3.05) is 0 Å². The number of esters is 1. The molecule has 4 heteroatoms. The van der Waals surface area contributed by atoms with Crippen LogP contribution in [0.3, 0.4) is 0 Å². The molecule has 0 amide bonds. The van der Waals surface area contributed by atoms with E-state index in [4.69, 9.17) is 4.74 Å². The van der Waals surface area contributed by atoms with Crippen LogP contribution in [-0.4, -0.2) is 22.4 Å². The lowest BCUT2D eigenvalue weighted by molar-refractivity contribution is 0.0377. The van der Waals surface area contributed by atoms with Crippen molar-refractivity contribution in [3.8, 4) is 5.69 Å². The van der Waals surface area contributed by atoms with Crippen LogP contribution in [0.5, 0.6) is 0 Å². The number of aryl methyl sites for hydroxylation is 2. The molecule has 0 atom stereocenters. The van der Waals surface area contributed by atoms with E-state index in [0.717, 1.165) is 28.2 Å². The molecular formula is C26H27NO3. The summed E-state index contributed by atoms with van der Waals surface area (Å²) in [4.78, 5) is 24.7. The first-order valence-corrected chi connectivity index (χ1v) is 10.1. The van der Waals surface area contributed by atoms with Crippen molar-refractivity contribution in [3.05, 3.63) is 94.3 Å². The molecule has 0 aliphatic heterocycles. The maximum Gasteiger partial charge on any atom is 0.338 e. The van der Waals surface area contributed by atoms with E-state index >= 15 is 0 Å². The molecule has 0 fully saturated rings. The van der Waals surface area contributed by atoms with Gasteiger partial charge in [0.25, 0.3) is 0 Å². The van der Waals surface area contributed by atoms with Gasteiger partial charge in [-0.1, -0.05) is 35.9 Å². The summed E-state index contributed by atoms with van der Waals surface area (Å²) >= 11 is 0. The van der Waals surface area contributed by atoms with E-state index in [1.165, 1.54) is 0 Å². The van der Waals surface area contributed by atoms with Gasteiger partial charge in [-0.25, -0.2) is 4.79 Å². The Labute approximate surface area is 177 Å². The molecular weight excluding hydrogens is 374 g/mol. The van der Waals surface area contributed by atoms with Crippen molar-refractivity contribution in [1.29, 1.82) is 0 Å². The molecule has 0 bridgehead atoms. The second kappa shape index (κ2) is 8.95. The van der Waals surface area contributed by atoms with Crippen molar-refractivity contribution < 1.29 is 14.3 Å². The SMILES string of the molecule is Cc1ccc(C(=O)/C=C/c2cc(C)n(-c3cccc(C(=O)OC(C)C)c3)c2C)cc1. The second-order valence-corrected chi connectivity index (χ2v) is 7.73. The smallest absolute Gasteiger partial charge is 0.338 e. The molecule has 0 aliphatic rings. The van der Waals surface area contributed by atoms with E-state index in [1.54, 1.807) is 12.1 Å². The number of benzene rings is 2.